The van der Waals surface area contributed by atoms with Gasteiger partial charge in [0.25, 0.3) is 0 Å². The summed E-state index contributed by atoms with van der Waals surface area (Å²) < 4.78 is 0. The molecule has 104 valence electrons. The molecule has 1 aromatic heterocycles. The molecule has 1 saturated heterocycles. The zero-order chi connectivity index (χ0) is 13.7. The maximum Gasteiger partial charge on any atom is 0.311 e. The molecule has 6 heteroatoms. The second-order valence-corrected chi connectivity index (χ2v) is 4.97. The van der Waals surface area contributed by atoms with Crippen LogP contribution in [-0.4, -0.2) is 41.0 Å². The first-order valence-corrected chi connectivity index (χ1v) is 6.74. The van der Waals surface area contributed by atoms with Crippen LogP contribution in [0.2, 0.25) is 0 Å². The van der Waals surface area contributed by atoms with Crippen molar-refractivity contribution in [2.24, 2.45) is 0 Å². The molecule has 0 atom stereocenters. The number of likely N-dealkylation sites (tertiary alicyclic amines) is 1. The number of nitrogens with one attached hydrogen (secondary N) is 1. The second kappa shape index (κ2) is 6.47. The average molecular weight is 264 g/mol. The number of pyridine rings is 1. The number of hydrogen-bond donors (Lipinski definition) is 1. The summed E-state index contributed by atoms with van der Waals surface area (Å²) in [5.74, 6) is 0.368. The third-order valence-corrected chi connectivity index (χ3v) is 3.37. The summed E-state index contributed by atoms with van der Waals surface area (Å²) in [6.45, 7) is 5.66. The minimum absolute atomic E-state index is 0.0543. The minimum atomic E-state index is -0.386. The lowest BCUT2D eigenvalue weighted by atomic mass is 10.1. The topological polar surface area (TPSA) is 71.3 Å². The molecule has 0 amide bonds. The Balaban J connectivity index is 1.89. The molecule has 2 heterocycles. The molecule has 0 saturated carbocycles. The van der Waals surface area contributed by atoms with Crippen LogP contribution >= 0.6 is 0 Å². The van der Waals surface area contributed by atoms with E-state index in [9.17, 15) is 10.1 Å². The van der Waals surface area contributed by atoms with Gasteiger partial charge in [-0.3, -0.25) is 10.1 Å². The van der Waals surface area contributed by atoms with Gasteiger partial charge in [0.1, 0.15) is 0 Å². The molecule has 0 aromatic carbocycles. The van der Waals surface area contributed by atoms with Crippen LogP contribution in [0.15, 0.2) is 12.3 Å². The summed E-state index contributed by atoms with van der Waals surface area (Å²) in [4.78, 5) is 17.1. The SMILES string of the molecule is Cc1cnc(NCCN2CCCCC2)c([N+](=O)[O-])c1. The Hall–Kier alpha value is -1.69. The Bertz CT molecular complexity index is 444. The Kier molecular flexibility index (Phi) is 4.68. The molecule has 1 fully saturated rings. The van der Waals surface area contributed by atoms with Crippen molar-refractivity contribution in [3.8, 4) is 0 Å². The smallest absolute Gasteiger partial charge is 0.311 e. The molecule has 1 N–H and O–H groups in total. The fourth-order valence-corrected chi connectivity index (χ4v) is 2.34. The molecular weight excluding hydrogens is 244 g/mol. The molecule has 6 nitrogen and oxygen atoms in total. The number of nitro groups is 1. The highest BCUT2D eigenvalue weighted by atomic mass is 16.6. The van der Waals surface area contributed by atoms with Crippen molar-refractivity contribution in [1.82, 2.24) is 9.88 Å². The molecule has 0 unspecified atom stereocenters. The number of aryl methyl sites for hydroxylation is 1. The van der Waals surface area contributed by atoms with Gasteiger partial charge < -0.3 is 10.2 Å². The van der Waals surface area contributed by atoms with Crippen LogP contribution in [0.1, 0.15) is 24.8 Å². The molecular formula is C13H20N4O2. The van der Waals surface area contributed by atoms with E-state index in [1.165, 1.54) is 19.3 Å². The summed E-state index contributed by atoms with van der Waals surface area (Å²) in [7, 11) is 0. The third-order valence-electron chi connectivity index (χ3n) is 3.37. The van der Waals surface area contributed by atoms with Gasteiger partial charge in [0.2, 0.25) is 5.82 Å². The molecule has 1 aliphatic rings. The van der Waals surface area contributed by atoms with Gasteiger partial charge in [-0.2, -0.15) is 0 Å². The van der Waals surface area contributed by atoms with E-state index in [0.29, 0.717) is 12.4 Å². The van der Waals surface area contributed by atoms with E-state index in [0.717, 1.165) is 25.2 Å². The van der Waals surface area contributed by atoms with E-state index in [2.05, 4.69) is 15.2 Å². The van der Waals surface area contributed by atoms with Crippen molar-refractivity contribution < 1.29 is 4.92 Å². The Labute approximate surface area is 113 Å². The highest BCUT2D eigenvalue weighted by molar-refractivity contribution is 5.56. The molecule has 1 aliphatic heterocycles. The predicted molar refractivity (Wildman–Crippen MR) is 74.4 cm³/mol. The summed E-state index contributed by atoms with van der Waals surface area (Å²) >= 11 is 0. The van der Waals surface area contributed by atoms with Crippen LogP contribution < -0.4 is 5.32 Å². The van der Waals surface area contributed by atoms with Gasteiger partial charge in [0, 0.05) is 25.4 Å². The van der Waals surface area contributed by atoms with E-state index in [-0.39, 0.29) is 10.6 Å². The normalized spacial score (nSPS) is 16.3. The van der Waals surface area contributed by atoms with Crippen LogP contribution in [-0.2, 0) is 0 Å². The lowest BCUT2D eigenvalue weighted by Gasteiger charge is -2.26. The molecule has 19 heavy (non-hydrogen) atoms. The highest BCUT2D eigenvalue weighted by Gasteiger charge is 2.15. The number of hydrogen-bond acceptors (Lipinski definition) is 5. The fourth-order valence-electron chi connectivity index (χ4n) is 2.34. The van der Waals surface area contributed by atoms with Crippen molar-refractivity contribution in [3.05, 3.63) is 27.9 Å². The number of piperidine rings is 1. The van der Waals surface area contributed by atoms with Crippen LogP contribution in [0.4, 0.5) is 11.5 Å². The molecule has 0 bridgehead atoms. The second-order valence-electron chi connectivity index (χ2n) is 4.97. The average Bonchev–Trinajstić information content (AvgIpc) is 2.41. The van der Waals surface area contributed by atoms with Gasteiger partial charge in [-0.05, 0) is 38.4 Å². The minimum Gasteiger partial charge on any atom is -0.363 e. The maximum absolute atomic E-state index is 11.0. The standard InChI is InChI=1S/C13H20N4O2/c1-11-9-12(17(18)19)13(15-10-11)14-5-8-16-6-3-2-4-7-16/h9-10H,2-8H2,1H3,(H,14,15). The molecule has 0 radical (unpaired) electrons. The Morgan fingerprint density at radius 3 is 2.84 bits per heavy atom. The largest absolute Gasteiger partial charge is 0.363 e. The Morgan fingerprint density at radius 1 is 1.42 bits per heavy atom. The van der Waals surface area contributed by atoms with Gasteiger partial charge in [0.05, 0.1) is 4.92 Å². The summed E-state index contributed by atoms with van der Waals surface area (Å²) in [5, 5.41) is 14.0. The van der Waals surface area contributed by atoms with Crippen LogP contribution in [0.5, 0.6) is 0 Å². The summed E-state index contributed by atoms with van der Waals surface area (Å²) in [6.07, 6.45) is 5.47. The number of rotatable bonds is 5. The third kappa shape index (κ3) is 3.89. The van der Waals surface area contributed by atoms with Gasteiger partial charge in [-0.25, -0.2) is 4.98 Å². The van der Waals surface area contributed by atoms with E-state index < -0.39 is 0 Å². The lowest BCUT2D eigenvalue weighted by Crippen LogP contribution is -2.33. The summed E-state index contributed by atoms with van der Waals surface area (Å²) in [6, 6.07) is 1.55. The van der Waals surface area contributed by atoms with E-state index in [1.807, 2.05) is 0 Å². The quantitative estimate of drug-likeness (QED) is 0.652. The molecule has 0 aliphatic carbocycles. The van der Waals surface area contributed by atoms with Crippen LogP contribution in [0.3, 0.4) is 0 Å². The number of aromatic nitrogens is 1. The highest BCUT2D eigenvalue weighted by Crippen LogP contribution is 2.22. The van der Waals surface area contributed by atoms with Crippen molar-refractivity contribution in [2.75, 3.05) is 31.5 Å². The number of anilines is 1. The fraction of sp³-hybridized carbons (Fsp3) is 0.615. The lowest BCUT2D eigenvalue weighted by molar-refractivity contribution is -0.384. The van der Waals surface area contributed by atoms with Gasteiger partial charge in [-0.1, -0.05) is 6.42 Å². The van der Waals surface area contributed by atoms with Crippen LogP contribution in [0.25, 0.3) is 0 Å². The monoisotopic (exact) mass is 264 g/mol. The Morgan fingerprint density at radius 2 is 2.16 bits per heavy atom. The van der Waals surface area contributed by atoms with Crippen LogP contribution in [0, 0.1) is 17.0 Å². The first kappa shape index (κ1) is 13.7. The van der Waals surface area contributed by atoms with E-state index >= 15 is 0 Å². The maximum atomic E-state index is 11.0. The first-order chi connectivity index (χ1) is 9.16. The molecule has 1 aromatic rings. The first-order valence-electron chi connectivity index (χ1n) is 6.74. The van der Waals surface area contributed by atoms with Crippen molar-refractivity contribution in [1.29, 1.82) is 0 Å². The summed E-state index contributed by atoms with van der Waals surface area (Å²) in [5.41, 5.74) is 0.854. The van der Waals surface area contributed by atoms with E-state index in [4.69, 9.17) is 0 Å². The van der Waals surface area contributed by atoms with Gasteiger partial charge in [0.15, 0.2) is 0 Å². The zero-order valence-electron chi connectivity index (χ0n) is 11.3. The van der Waals surface area contributed by atoms with Crippen molar-refractivity contribution in [2.45, 2.75) is 26.2 Å². The van der Waals surface area contributed by atoms with E-state index in [1.54, 1.807) is 19.2 Å². The van der Waals surface area contributed by atoms with Crippen molar-refractivity contribution in [3.63, 3.8) is 0 Å². The molecule has 0 spiro atoms. The number of nitrogens with zero attached hydrogens (tertiary/aromatic N) is 3. The zero-order valence-corrected chi connectivity index (χ0v) is 11.3. The predicted octanol–water partition coefficient (Wildman–Crippen LogP) is 2.20. The van der Waals surface area contributed by atoms with Gasteiger partial charge in [-0.15, -0.1) is 0 Å². The van der Waals surface area contributed by atoms with Gasteiger partial charge >= 0.3 is 5.69 Å². The van der Waals surface area contributed by atoms with Crippen molar-refractivity contribution >= 4 is 11.5 Å². The molecule has 2 rings (SSSR count).